The van der Waals surface area contributed by atoms with E-state index in [1.807, 2.05) is 0 Å². The number of pyridine rings is 1. The van der Waals surface area contributed by atoms with Crippen LogP contribution in [0.5, 0.6) is 0 Å². The topological polar surface area (TPSA) is 114 Å². The minimum Gasteiger partial charge on any atom is -0.397 e. The lowest BCUT2D eigenvalue weighted by molar-refractivity contribution is 0.0943. The van der Waals surface area contributed by atoms with Gasteiger partial charge >= 0.3 is 0 Å². The molecule has 0 atom stereocenters. The van der Waals surface area contributed by atoms with E-state index in [-0.39, 0.29) is 12.5 Å². The van der Waals surface area contributed by atoms with Gasteiger partial charge in [-0.3, -0.25) is 9.78 Å². The van der Waals surface area contributed by atoms with E-state index in [4.69, 9.17) is 5.73 Å². The summed E-state index contributed by atoms with van der Waals surface area (Å²) in [7, 11) is -3.34. The molecule has 0 radical (unpaired) electrons. The van der Waals surface area contributed by atoms with E-state index < -0.39 is 15.6 Å². The van der Waals surface area contributed by atoms with Gasteiger partial charge in [-0.05, 0) is 26.8 Å². The first-order chi connectivity index (χ1) is 9.00. The molecule has 0 spiro atoms. The first-order valence-electron chi connectivity index (χ1n) is 5.99. The van der Waals surface area contributed by atoms with Gasteiger partial charge in [0, 0.05) is 12.1 Å². The second kappa shape index (κ2) is 5.76. The number of hydrogen-bond donors (Lipinski definition) is 3. The van der Waals surface area contributed by atoms with Crippen molar-refractivity contribution in [3.8, 4) is 0 Å². The molecule has 8 heteroatoms. The van der Waals surface area contributed by atoms with E-state index in [9.17, 15) is 13.2 Å². The molecule has 7 nitrogen and oxygen atoms in total. The quantitative estimate of drug-likeness (QED) is 0.710. The highest BCUT2D eigenvalue weighted by Crippen LogP contribution is 2.10. The number of nitrogen functional groups attached to an aromatic ring is 1. The molecule has 1 heterocycles. The van der Waals surface area contributed by atoms with Crippen molar-refractivity contribution in [3.05, 3.63) is 23.5 Å². The predicted molar refractivity (Wildman–Crippen MR) is 77.8 cm³/mol. The summed E-state index contributed by atoms with van der Waals surface area (Å²) in [6.07, 6.45) is 2.55. The van der Waals surface area contributed by atoms with Crippen molar-refractivity contribution in [1.29, 1.82) is 0 Å². The minimum absolute atomic E-state index is 0.146. The summed E-state index contributed by atoms with van der Waals surface area (Å²) >= 11 is 0. The van der Waals surface area contributed by atoms with Gasteiger partial charge in [0.05, 0.1) is 29.4 Å². The molecular formula is C12H20N4O3S. The SMILES string of the molecule is Cc1ncc(N)cc1C(=O)NCC(C)(C)NS(C)(=O)=O. The van der Waals surface area contributed by atoms with Crippen molar-refractivity contribution in [1.82, 2.24) is 15.0 Å². The van der Waals surface area contributed by atoms with E-state index in [1.165, 1.54) is 12.3 Å². The van der Waals surface area contributed by atoms with Crippen molar-refractivity contribution >= 4 is 21.6 Å². The fraction of sp³-hybridized carbons (Fsp3) is 0.500. The van der Waals surface area contributed by atoms with Crippen molar-refractivity contribution in [3.63, 3.8) is 0 Å². The molecule has 1 aromatic rings. The number of rotatable bonds is 5. The van der Waals surface area contributed by atoms with Crippen LogP contribution in [0, 0.1) is 6.92 Å². The second-order valence-corrected chi connectivity index (χ2v) is 7.09. The van der Waals surface area contributed by atoms with Gasteiger partial charge in [0.2, 0.25) is 10.0 Å². The first-order valence-corrected chi connectivity index (χ1v) is 7.88. The number of nitrogens with one attached hydrogen (secondary N) is 2. The van der Waals surface area contributed by atoms with Gasteiger partial charge < -0.3 is 11.1 Å². The smallest absolute Gasteiger partial charge is 0.253 e. The summed E-state index contributed by atoms with van der Waals surface area (Å²) in [6, 6.07) is 1.54. The lowest BCUT2D eigenvalue weighted by Crippen LogP contribution is -2.51. The molecule has 0 unspecified atom stereocenters. The molecule has 1 aromatic heterocycles. The van der Waals surface area contributed by atoms with Gasteiger partial charge in [-0.2, -0.15) is 0 Å². The molecule has 0 saturated carbocycles. The molecule has 0 fully saturated rings. The maximum Gasteiger partial charge on any atom is 0.253 e. The van der Waals surface area contributed by atoms with Crippen LogP contribution in [-0.4, -0.2) is 37.6 Å². The maximum absolute atomic E-state index is 12.0. The average Bonchev–Trinajstić information content (AvgIpc) is 2.26. The average molecular weight is 300 g/mol. The molecule has 20 heavy (non-hydrogen) atoms. The van der Waals surface area contributed by atoms with Crippen LogP contribution in [0.3, 0.4) is 0 Å². The monoisotopic (exact) mass is 300 g/mol. The lowest BCUT2D eigenvalue weighted by Gasteiger charge is -2.25. The second-order valence-electron chi connectivity index (χ2n) is 5.34. The van der Waals surface area contributed by atoms with Crippen molar-refractivity contribution in [2.45, 2.75) is 26.3 Å². The fourth-order valence-corrected chi connectivity index (χ4v) is 2.79. The molecule has 0 aromatic carbocycles. The summed E-state index contributed by atoms with van der Waals surface area (Å²) in [6.45, 7) is 5.21. The van der Waals surface area contributed by atoms with Crippen LogP contribution >= 0.6 is 0 Å². The number of hydrogen-bond acceptors (Lipinski definition) is 5. The Morgan fingerprint density at radius 2 is 2.05 bits per heavy atom. The lowest BCUT2D eigenvalue weighted by atomic mass is 10.1. The Morgan fingerprint density at radius 1 is 1.45 bits per heavy atom. The zero-order chi connectivity index (χ0) is 15.6. The number of nitrogens with two attached hydrogens (primary N) is 1. The summed E-state index contributed by atoms with van der Waals surface area (Å²) in [5.74, 6) is -0.342. The van der Waals surface area contributed by atoms with Crippen molar-refractivity contribution in [2.75, 3.05) is 18.5 Å². The number of aromatic nitrogens is 1. The van der Waals surface area contributed by atoms with E-state index in [1.54, 1.807) is 20.8 Å². The van der Waals surface area contributed by atoms with E-state index in [0.29, 0.717) is 16.9 Å². The van der Waals surface area contributed by atoms with Gasteiger partial charge in [0.15, 0.2) is 0 Å². The number of carbonyl (C=O) groups excluding carboxylic acids is 1. The summed E-state index contributed by atoms with van der Waals surface area (Å²) in [5.41, 5.74) is 6.14. The molecule has 0 aliphatic carbocycles. The highest BCUT2D eigenvalue weighted by Gasteiger charge is 2.23. The van der Waals surface area contributed by atoms with Crippen LogP contribution in [0.4, 0.5) is 5.69 Å². The Kier molecular flexibility index (Phi) is 4.72. The van der Waals surface area contributed by atoms with Gasteiger partial charge in [-0.1, -0.05) is 0 Å². The Morgan fingerprint density at radius 3 is 2.60 bits per heavy atom. The molecule has 1 amide bonds. The standard InChI is InChI=1S/C12H20N4O3S/c1-8-10(5-9(13)6-14-8)11(17)15-7-12(2,3)16-20(4,18)19/h5-6,16H,7,13H2,1-4H3,(H,15,17). The normalized spacial score (nSPS) is 12.2. The third-order valence-electron chi connectivity index (χ3n) is 2.51. The fourth-order valence-electron chi connectivity index (χ4n) is 1.71. The van der Waals surface area contributed by atoms with Crippen LogP contribution < -0.4 is 15.8 Å². The van der Waals surface area contributed by atoms with Gasteiger partial charge in [0.25, 0.3) is 5.91 Å². The van der Waals surface area contributed by atoms with Crippen LogP contribution in [0.2, 0.25) is 0 Å². The Bertz CT molecular complexity index is 611. The summed E-state index contributed by atoms with van der Waals surface area (Å²) in [4.78, 5) is 16.1. The van der Waals surface area contributed by atoms with E-state index in [2.05, 4.69) is 15.0 Å². The Balaban J connectivity index is 2.75. The van der Waals surface area contributed by atoms with Crippen LogP contribution in [0.1, 0.15) is 29.9 Å². The van der Waals surface area contributed by atoms with Crippen molar-refractivity contribution < 1.29 is 13.2 Å². The van der Waals surface area contributed by atoms with Gasteiger partial charge in [-0.25, -0.2) is 13.1 Å². The van der Waals surface area contributed by atoms with Gasteiger partial charge in [-0.15, -0.1) is 0 Å². The molecule has 4 N–H and O–H groups in total. The molecular weight excluding hydrogens is 280 g/mol. The number of amides is 1. The van der Waals surface area contributed by atoms with Crippen LogP contribution in [0.25, 0.3) is 0 Å². The third kappa shape index (κ3) is 5.14. The highest BCUT2D eigenvalue weighted by molar-refractivity contribution is 7.88. The third-order valence-corrected chi connectivity index (χ3v) is 3.43. The Hall–Kier alpha value is -1.67. The molecule has 0 bridgehead atoms. The molecule has 1 rings (SSSR count). The minimum atomic E-state index is -3.34. The zero-order valence-electron chi connectivity index (χ0n) is 12.0. The predicted octanol–water partition coefficient (Wildman–Crippen LogP) is 0.0298. The molecule has 112 valence electrons. The van der Waals surface area contributed by atoms with Crippen LogP contribution in [-0.2, 0) is 10.0 Å². The summed E-state index contributed by atoms with van der Waals surface area (Å²) < 4.78 is 24.9. The first kappa shape index (κ1) is 16.4. The van der Waals surface area contributed by atoms with Gasteiger partial charge in [0.1, 0.15) is 0 Å². The number of aryl methyl sites for hydroxylation is 1. The van der Waals surface area contributed by atoms with E-state index in [0.717, 1.165) is 6.26 Å². The molecule has 0 aliphatic rings. The maximum atomic E-state index is 12.0. The zero-order valence-corrected chi connectivity index (χ0v) is 12.8. The summed E-state index contributed by atoms with van der Waals surface area (Å²) in [5, 5.41) is 2.67. The largest absolute Gasteiger partial charge is 0.397 e. The number of sulfonamides is 1. The highest BCUT2D eigenvalue weighted by atomic mass is 32.2. The molecule has 0 saturated heterocycles. The van der Waals surface area contributed by atoms with Crippen LogP contribution in [0.15, 0.2) is 12.3 Å². The van der Waals surface area contributed by atoms with Crippen molar-refractivity contribution in [2.24, 2.45) is 0 Å². The number of anilines is 1. The molecule has 0 aliphatic heterocycles. The Labute approximate surface area is 119 Å². The number of carbonyl (C=O) groups is 1. The van der Waals surface area contributed by atoms with E-state index >= 15 is 0 Å². The number of nitrogens with zero attached hydrogens (tertiary/aromatic N) is 1.